The number of fused-ring (bicyclic) bond motifs is 1. The number of amides is 1. The van der Waals surface area contributed by atoms with Gasteiger partial charge in [-0.25, -0.2) is 4.39 Å². The third-order valence-electron chi connectivity index (χ3n) is 4.78. The average molecular weight is 577 g/mol. The second kappa shape index (κ2) is 10.2. The lowest BCUT2D eigenvalue weighted by molar-refractivity contribution is -0.137. The van der Waals surface area contributed by atoms with Gasteiger partial charge in [0.2, 0.25) is 5.75 Å². The van der Waals surface area contributed by atoms with Crippen LogP contribution in [0, 0.1) is 0 Å². The molecular formula is C22H15BrClF4N3O4. The number of alkyl halides is 4. The maximum atomic E-state index is 14.8. The Kier molecular flexibility index (Phi) is 7.31. The first-order valence-electron chi connectivity index (χ1n) is 10.0. The number of halogens is 6. The Morgan fingerprint density at radius 2 is 1.94 bits per heavy atom. The van der Waals surface area contributed by atoms with Crippen LogP contribution in [0.1, 0.15) is 27.7 Å². The molecule has 1 N–H and O–H groups in total. The summed E-state index contributed by atoms with van der Waals surface area (Å²) < 4.78 is 71.0. The molecule has 1 aromatic heterocycles. The molecule has 184 valence electrons. The van der Waals surface area contributed by atoms with E-state index >= 15 is 0 Å². The quantitative estimate of drug-likeness (QED) is 0.367. The molecule has 0 spiro atoms. The van der Waals surface area contributed by atoms with Gasteiger partial charge in [0.05, 0.1) is 12.1 Å². The zero-order chi connectivity index (χ0) is 25.2. The summed E-state index contributed by atoms with van der Waals surface area (Å²) in [6.07, 6.45) is -6.27. The van der Waals surface area contributed by atoms with E-state index in [9.17, 15) is 22.4 Å². The van der Waals surface area contributed by atoms with Crippen LogP contribution in [0.2, 0.25) is 5.02 Å². The first-order valence-corrected chi connectivity index (χ1v) is 11.2. The summed E-state index contributed by atoms with van der Waals surface area (Å²) in [7, 11) is 0. The van der Waals surface area contributed by atoms with Crippen molar-refractivity contribution in [2.75, 3.05) is 19.8 Å². The topological polar surface area (TPSA) is 82.6 Å². The van der Waals surface area contributed by atoms with E-state index in [-0.39, 0.29) is 46.7 Å². The molecule has 0 radical (unpaired) electrons. The molecule has 35 heavy (non-hydrogen) atoms. The van der Waals surface area contributed by atoms with Gasteiger partial charge >= 0.3 is 6.18 Å². The van der Waals surface area contributed by atoms with Gasteiger partial charge in [0, 0.05) is 15.1 Å². The Morgan fingerprint density at radius 1 is 1.17 bits per heavy atom. The van der Waals surface area contributed by atoms with Gasteiger partial charge < -0.3 is 19.5 Å². The van der Waals surface area contributed by atoms with Gasteiger partial charge in [-0.2, -0.15) is 13.2 Å². The van der Waals surface area contributed by atoms with Gasteiger partial charge in [0.15, 0.2) is 5.56 Å². The number of benzene rings is 2. The van der Waals surface area contributed by atoms with Crippen molar-refractivity contribution in [2.24, 2.45) is 0 Å². The molecule has 0 aliphatic carbocycles. The Labute approximate surface area is 209 Å². The molecule has 1 aliphatic heterocycles. The highest BCUT2D eigenvalue weighted by atomic mass is 79.9. The number of carbonyl (C=O) groups is 1. The van der Waals surface area contributed by atoms with Gasteiger partial charge in [-0.15, -0.1) is 10.2 Å². The molecule has 0 bridgehead atoms. The molecule has 3 aromatic rings. The third-order valence-corrected chi connectivity index (χ3v) is 5.60. The van der Waals surface area contributed by atoms with Crippen molar-refractivity contribution in [1.82, 2.24) is 15.5 Å². The van der Waals surface area contributed by atoms with E-state index in [0.29, 0.717) is 4.47 Å². The largest absolute Gasteiger partial charge is 0.484 e. The molecule has 0 saturated heterocycles. The molecule has 1 aliphatic rings. The van der Waals surface area contributed by atoms with Crippen molar-refractivity contribution in [3.05, 3.63) is 68.7 Å². The molecule has 0 unspecified atom stereocenters. The summed E-state index contributed by atoms with van der Waals surface area (Å²) in [4.78, 5) is 13.0. The highest BCUT2D eigenvalue weighted by molar-refractivity contribution is 9.10. The van der Waals surface area contributed by atoms with Gasteiger partial charge in [0.1, 0.15) is 25.1 Å². The van der Waals surface area contributed by atoms with Crippen molar-refractivity contribution < 1.29 is 36.6 Å². The first-order chi connectivity index (χ1) is 16.6. The maximum absolute atomic E-state index is 14.8. The monoisotopic (exact) mass is 575 g/mol. The van der Waals surface area contributed by atoms with E-state index in [1.54, 1.807) is 6.07 Å². The Balaban J connectivity index is 1.61. The predicted molar refractivity (Wildman–Crippen MR) is 120 cm³/mol. The number of rotatable bonds is 6. The van der Waals surface area contributed by atoms with E-state index in [4.69, 9.17) is 25.8 Å². The van der Waals surface area contributed by atoms with Gasteiger partial charge in [-0.1, -0.05) is 39.7 Å². The third kappa shape index (κ3) is 5.76. The lowest BCUT2D eigenvalue weighted by Crippen LogP contribution is -2.30. The Bertz CT molecular complexity index is 1260. The van der Waals surface area contributed by atoms with E-state index in [1.807, 2.05) is 0 Å². The van der Waals surface area contributed by atoms with Crippen LogP contribution in [0.15, 0.2) is 46.9 Å². The van der Waals surface area contributed by atoms with Gasteiger partial charge in [-0.05, 0) is 30.3 Å². The fourth-order valence-electron chi connectivity index (χ4n) is 3.16. The van der Waals surface area contributed by atoms with Crippen LogP contribution in [-0.2, 0) is 6.18 Å². The van der Waals surface area contributed by atoms with Crippen LogP contribution in [-0.4, -0.2) is 35.9 Å². The maximum Gasteiger partial charge on any atom is 0.416 e. The number of nitrogens with zero attached hydrogens (tertiary/aromatic N) is 2. The molecule has 13 heteroatoms. The minimum absolute atomic E-state index is 0.0716. The lowest BCUT2D eigenvalue weighted by Gasteiger charge is -2.21. The molecule has 0 saturated carbocycles. The van der Waals surface area contributed by atoms with E-state index in [1.165, 1.54) is 18.2 Å². The lowest BCUT2D eigenvalue weighted by atomic mass is 10.1. The zero-order valence-electron chi connectivity index (χ0n) is 17.5. The number of aromatic nitrogens is 2. The van der Waals surface area contributed by atoms with Crippen molar-refractivity contribution in [1.29, 1.82) is 0 Å². The van der Waals surface area contributed by atoms with Crippen molar-refractivity contribution in [2.45, 2.75) is 12.3 Å². The number of hydrogen-bond acceptors (Lipinski definition) is 6. The Hall–Kier alpha value is -3.12. The number of ether oxygens (including phenoxy) is 3. The fraction of sp³-hybridized carbons (Fsp3) is 0.227. The van der Waals surface area contributed by atoms with Crippen LogP contribution in [0.3, 0.4) is 0 Å². The standard InChI is InChI=1S/C22H15BrClF4N3O4/c23-12-4-5-14(15(24)9-12)16(25)10-29-19(32)17-18-21(34-7-6-33-18)31-30-20(17)35-13-3-1-2-11(8-13)22(26,27)28/h1-5,8-9,16H,6-7,10H2,(H,29,32)/t16-/m0/s1. The average Bonchev–Trinajstić information content (AvgIpc) is 2.82. The number of hydrogen-bond donors (Lipinski definition) is 1. The second-order valence-electron chi connectivity index (χ2n) is 7.18. The predicted octanol–water partition coefficient (Wildman–Crippen LogP) is 5.92. The fourth-order valence-corrected chi connectivity index (χ4v) is 3.95. The highest BCUT2D eigenvalue weighted by Gasteiger charge is 2.32. The van der Waals surface area contributed by atoms with Gasteiger partial charge in [-0.3, -0.25) is 4.79 Å². The molecule has 2 aromatic carbocycles. The Morgan fingerprint density at radius 3 is 2.69 bits per heavy atom. The molecule has 2 heterocycles. The number of nitrogens with one attached hydrogen (secondary N) is 1. The summed E-state index contributed by atoms with van der Waals surface area (Å²) in [5, 5.41) is 10.1. The minimum Gasteiger partial charge on any atom is -0.484 e. The molecular weight excluding hydrogens is 562 g/mol. The SMILES string of the molecule is O=C(NC[C@H](F)c1ccc(Br)cc1Cl)c1c(Oc2cccc(C(F)(F)F)c2)nnc2c1OCCO2. The van der Waals surface area contributed by atoms with Crippen molar-refractivity contribution >= 4 is 33.4 Å². The zero-order valence-corrected chi connectivity index (χ0v) is 19.9. The summed E-state index contributed by atoms with van der Waals surface area (Å²) >= 11 is 9.31. The summed E-state index contributed by atoms with van der Waals surface area (Å²) in [6.45, 7) is -0.255. The van der Waals surface area contributed by atoms with Crippen LogP contribution >= 0.6 is 27.5 Å². The second-order valence-corrected chi connectivity index (χ2v) is 8.51. The van der Waals surface area contributed by atoms with E-state index in [2.05, 4.69) is 31.4 Å². The van der Waals surface area contributed by atoms with E-state index in [0.717, 1.165) is 18.2 Å². The van der Waals surface area contributed by atoms with Crippen LogP contribution < -0.4 is 19.5 Å². The van der Waals surface area contributed by atoms with Crippen LogP contribution in [0.25, 0.3) is 0 Å². The summed E-state index contributed by atoms with van der Waals surface area (Å²) in [5.74, 6) is -1.78. The highest BCUT2D eigenvalue weighted by Crippen LogP contribution is 2.39. The minimum atomic E-state index is -4.61. The molecule has 0 fully saturated rings. The normalized spacial score (nSPS) is 13.8. The molecule has 1 atom stereocenters. The first kappa shape index (κ1) is 25.0. The summed E-state index contributed by atoms with van der Waals surface area (Å²) in [6, 6.07) is 8.59. The van der Waals surface area contributed by atoms with Crippen LogP contribution in [0.4, 0.5) is 17.6 Å². The van der Waals surface area contributed by atoms with Gasteiger partial charge in [0.25, 0.3) is 17.7 Å². The summed E-state index contributed by atoms with van der Waals surface area (Å²) in [5.41, 5.74) is -1.11. The molecule has 4 rings (SSSR count). The van der Waals surface area contributed by atoms with Crippen molar-refractivity contribution in [3.63, 3.8) is 0 Å². The van der Waals surface area contributed by atoms with Crippen LogP contribution in [0.5, 0.6) is 23.3 Å². The molecule has 1 amide bonds. The molecule has 7 nitrogen and oxygen atoms in total. The van der Waals surface area contributed by atoms with E-state index < -0.39 is 36.2 Å². The smallest absolute Gasteiger partial charge is 0.416 e. The van der Waals surface area contributed by atoms with Crippen molar-refractivity contribution in [3.8, 4) is 23.3 Å². The number of carbonyl (C=O) groups excluding carboxylic acids is 1.